The maximum atomic E-state index is 11.8. The fraction of sp³-hybridized carbons (Fsp3) is 0.818. The van der Waals surface area contributed by atoms with Gasteiger partial charge in [-0.3, -0.25) is 9.59 Å². The van der Waals surface area contributed by atoms with Crippen molar-refractivity contribution in [2.24, 2.45) is 0 Å². The third-order valence-electron chi connectivity index (χ3n) is 2.59. The number of hydrogen-bond donors (Lipinski definition) is 2. The van der Waals surface area contributed by atoms with Crippen LogP contribution in [0.25, 0.3) is 0 Å². The molecule has 17 heavy (non-hydrogen) atoms. The molecule has 1 atom stereocenters. The lowest BCUT2D eigenvalue weighted by atomic mass is 10.0. The first-order valence-electron chi connectivity index (χ1n) is 5.62. The van der Waals surface area contributed by atoms with Crippen LogP contribution in [0.1, 0.15) is 26.7 Å². The van der Waals surface area contributed by atoms with Crippen molar-refractivity contribution in [3.63, 3.8) is 0 Å². The zero-order valence-electron chi connectivity index (χ0n) is 10.2. The van der Waals surface area contributed by atoms with E-state index in [9.17, 15) is 9.59 Å². The quantitative estimate of drug-likeness (QED) is 0.719. The van der Waals surface area contributed by atoms with E-state index >= 15 is 0 Å². The number of ether oxygens (including phenoxy) is 1. The van der Waals surface area contributed by atoms with Crippen LogP contribution in [-0.2, 0) is 14.3 Å². The van der Waals surface area contributed by atoms with Gasteiger partial charge in [0, 0.05) is 19.5 Å². The minimum Gasteiger partial charge on any atom is -0.481 e. The van der Waals surface area contributed by atoms with Gasteiger partial charge in [0.2, 0.25) is 5.91 Å². The van der Waals surface area contributed by atoms with Crippen molar-refractivity contribution in [2.75, 3.05) is 19.7 Å². The minimum absolute atomic E-state index is 0.0104. The molecule has 6 heteroatoms. The fourth-order valence-electron chi connectivity index (χ4n) is 1.95. The second-order valence-electron chi connectivity index (χ2n) is 4.85. The van der Waals surface area contributed by atoms with Gasteiger partial charge in [-0.25, -0.2) is 0 Å². The number of aliphatic hydroxyl groups excluding tert-OH is 1. The SMILES string of the molecule is CC1(C)CN(C(=O)CCC(=O)O)CC(CO)O1. The largest absolute Gasteiger partial charge is 0.481 e. The van der Waals surface area contributed by atoms with Gasteiger partial charge < -0.3 is 19.8 Å². The van der Waals surface area contributed by atoms with E-state index in [-0.39, 0.29) is 25.4 Å². The Balaban J connectivity index is 2.57. The van der Waals surface area contributed by atoms with Crippen LogP contribution in [0.2, 0.25) is 0 Å². The molecule has 0 spiro atoms. The Morgan fingerprint density at radius 3 is 2.59 bits per heavy atom. The van der Waals surface area contributed by atoms with Crippen molar-refractivity contribution in [2.45, 2.75) is 38.4 Å². The first-order chi connectivity index (χ1) is 7.84. The van der Waals surface area contributed by atoms with Gasteiger partial charge in [0.25, 0.3) is 0 Å². The van der Waals surface area contributed by atoms with Crippen molar-refractivity contribution >= 4 is 11.9 Å². The number of rotatable bonds is 4. The summed E-state index contributed by atoms with van der Waals surface area (Å²) in [7, 11) is 0. The molecule has 98 valence electrons. The molecule has 0 bridgehead atoms. The molecule has 1 aliphatic heterocycles. The monoisotopic (exact) mass is 245 g/mol. The predicted octanol–water partition coefficient (Wildman–Crippen LogP) is -0.151. The summed E-state index contributed by atoms with van der Waals surface area (Å²) in [6, 6.07) is 0. The second kappa shape index (κ2) is 5.46. The lowest BCUT2D eigenvalue weighted by Crippen LogP contribution is -2.55. The van der Waals surface area contributed by atoms with Crippen LogP contribution in [0.15, 0.2) is 0 Å². The molecular weight excluding hydrogens is 226 g/mol. The molecule has 0 aromatic carbocycles. The summed E-state index contributed by atoms with van der Waals surface area (Å²) in [6.45, 7) is 4.27. The van der Waals surface area contributed by atoms with Gasteiger partial charge in [0.15, 0.2) is 0 Å². The van der Waals surface area contributed by atoms with Crippen LogP contribution in [0.5, 0.6) is 0 Å². The third kappa shape index (κ3) is 4.32. The molecule has 2 N–H and O–H groups in total. The number of nitrogens with zero attached hydrogens (tertiary/aromatic N) is 1. The fourth-order valence-corrected chi connectivity index (χ4v) is 1.95. The Hall–Kier alpha value is -1.14. The summed E-state index contributed by atoms with van der Waals surface area (Å²) in [5.74, 6) is -1.19. The van der Waals surface area contributed by atoms with Gasteiger partial charge in [-0.15, -0.1) is 0 Å². The molecular formula is C11H19NO5. The van der Waals surface area contributed by atoms with E-state index in [2.05, 4.69) is 0 Å². The first-order valence-corrected chi connectivity index (χ1v) is 5.62. The van der Waals surface area contributed by atoms with E-state index < -0.39 is 17.7 Å². The molecule has 0 aromatic heterocycles. The number of amides is 1. The smallest absolute Gasteiger partial charge is 0.303 e. The summed E-state index contributed by atoms with van der Waals surface area (Å²) in [6.07, 6.45) is -0.572. The highest BCUT2D eigenvalue weighted by Gasteiger charge is 2.35. The highest BCUT2D eigenvalue weighted by molar-refractivity contribution is 5.80. The van der Waals surface area contributed by atoms with Crippen LogP contribution in [-0.4, -0.2) is 58.4 Å². The number of morpholine rings is 1. The summed E-state index contributed by atoms with van der Waals surface area (Å²) < 4.78 is 5.57. The number of carbonyl (C=O) groups is 2. The van der Waals surface area contributed by atoms with E-state index in [1.165, 1.54) is 0 Å². The van der Waals surface area contributed by atoms with Gasteiger partial charge in [0.05, 0.1) is 24.7 Å². The van der Waals surface area contributed by atoms with Crippen molar-refractivity contribution in [1.82, 2.24) is 4.90 Å². The van der Waals surface area contributed by atoms with E-state index in [4.69, 9.17) is 14.9 Å². The Kier molecular flexibility index (Phi) is 4.47. The Morgan fingerprint density at radius 1 is 1.41 bits per heavy atom. The number of carbonyl (C=O) groups excluding carboxylic acids is 1. The predicted molar refractivity (Wildman–Crippen MR) is 59.5 cm³/mol. The summed E-state index contributed by atoms with van der Waals surface area (Å²) >= 11 is 0. The zero-order chi connectivity index (χ0) is 13.1. The minimum atomic E-state index is -0.982. The van der Waals surface area contributed by atoms with Gasteiger partial charge in [-0.2, -0.15) is 0 Å². The maximum absolute atomic E-state index is 11.8. The molecule has 1 saturated heterocycles. The Morgan fingerprint density at radius 2 is 2.06 bits per heavy atom. The molecule has 1 unspecified atom stereocenters. The number of hydrogen-bond acceptors (Lipinski definition) is 4. The maximum Gasteiger partial charge on any atom is 0.303 e. The third-order valence-corrected chi connectivity index (χ3v) is 2.59. The molecule has 1 rings (SSSR count). The molecule has 1 amide bonds. The summed E-state index contributed by atoms with van der Waals surface area (Å²) in [5.41, 5.74) is -0.509. The molecule has 0 aliphatic carbocycles. The topological polar surface area (TPSA) is 87.1 Å². The Bertz CT molecular complexity index is 302. The van der Waals surface area contributed by atoms with Crippen molar-refractivity contribution in [3.8, 4) is 0 Å². The normalized spacial score (nSPS) is 23.5. The molecule has 0 radical (unpaired) electrons. The molecule has 1 aliphatic rings. The Labute approximate surface area is 100 Å². The highest BCUT2D eigenvalue weighted by Crippen LogP contribution is 2.21. The molecule has 0 saturated carbocycles. The lowest BCUT2D eigenvalue weighted by molar-refractivity contribution is -0.167. The van der Waals surface area contributed by atoms with Crippen molar-refractivity contribution < 1.29 is 24.5 Å². The average molecular weight is 245 g/mol. The van der Waals surface area contributed by atoms with Crippen molar-refractivity contribution in [1.29, 1.82) is 0 Å². The van der Waals surface area contributed by atoms with Crippen LogP contribution in [0.3, 0.4) is 0 Å². The van der Waals surface area contributed by atoms with Gasteiger partial charge >= 0.3 is 5.97 Å². The van der Waals surface area contributed by atoms with Gasteiger partial charge in [-0.1, -0.05) is 0 Å². The average Bonchev–Trinajstić information content (AvgIpc) is 2.23. The number of carboxylic acids is 1. The molecule has 6 nitrogen and oxygen atoms in total. The first kappa shape index (κ1) is 13.9. The lowest BCUT2D eigenvalue weighted by Gasteiger charge is -2.42. The zero-order valence-corrected chi connectivity index (χ0v) is 10.2. The van der Waals surface area contributed by atoms with Crippen LogP contribution in [0.4, 0.5) is 0 Å². The van der Waals surface area contributed by atoms with E-state index in [0.717, 1.165) is 0 Å². The second-order valence-corrected chi connectivity index (χ2v) is 4.85. The molecule has 1 fully saturated rings. The molecule has 0 aromatic rings. The number of aliphatic hydroxyl groups is 1. The van der Waals surface area contributed by atoms with Gasteiger partial charge in [-0.05, 0) is 13.8 Å². The summed E-state index contributed by atoms with van der Waals surface area (Å²) in [5, 5.41) is 17.6. The van der Waals surface area contributed by atoms with Crippen molar-refractivity contribution in [3.05, 3.63) is 0 Å². The number of carboxylic acid groups (broad SMARTS) is 1. The standard InChI is InChI=1S/C11H19NO5/c1-11(2)7-12(5-8(6-13)17-11)9(14)3-4-10(15)16/h8,13H,3-7H2,1-2H3,(H,15,16). The molecule has 1 heterocycles. The van der Waals surface area contributed by atoms with Crippen LogP contribution >= 0.6 is 0 Å². The van der Waals surface area contributed by atoms with E-state index in [0.29, 0.717) is 13.1 Å². The van der Waals surface area contributed by atoms with E-state index in [1.54, 1.807) is 4.90 Å². The van der Waals surface area contributed by atoms with Gasteiger partial charge in [0.1, 0.15) is 0 Å². The van der Waals surface area contributed by atoms with E-state index in [1.807, 2.05) is 13.8 Å². The highest BCUT2D eigenvalue weighted by atomic mass is 16.5. The van der Waals surface area contributed by atoms with Crippen LogP contribution in [0, 0.1) is 0 Å². The summed E-state index contributed by atoms with van der Waals surface area (Å²) in [4.78, 5) is 23.7. The number of aliphatic carboxylic acids is 1. The van der Waals surface area contributed by atoms with Crippen LogP contribution < -0.4 is 0 Å².